The summed E-state index contributed by atoms with van der Waals surface area (Å²) < 4.78 is 6.16. The van der Waals surface area contributed by atoms with Gasteiger partial charge in [-0.2, -0.15) is 10.5 Å². The molecule has 0 saturated carbocycles. The lowest BCUT2D eigenvalue weighted by molar-refractivity contribution is -0.0381. The van der Waals surface area contributed by atoms with Crippen molar-refractivity contribution >= 4 is 5.69 Å². The van der Waals surface area contributed by atoms with Gasteiger partial charge in [-0.3, -0.25) is 0 Å². The van der Waals surface area contributed by atoms with Crippen LogP contribution in [0.4, 0.5) is 5.69 Å². The third kappa shape index (κ3) is 2.86. The Kier molecular flexibility index (Phi) is 4.14. The zero-order valence-corrected chi connectivity index (χ0v) is 13.9. The van der Waals surface area contributed by atoms with Crippen molar-refractivity contribution in [2.24, 2.45) is 5.92 Å². The number of rotatable bonds is 2. The second-order valence-electron chi connectivity index (χ2n) is 6.71. The predicted molar refractivity (Wildman–Crippen MR) is 94.7 cm³/mol. The number of hydrogen-bond donors (Lipinski definition) is 1. The molecule has 2 aromatic carbocycles. The third-order valence-electron chi connectivity index (χ3n) is 5.19. The predicted octanol–water partition coefficient (Wildman–Crippen LogP) is 4.26. The summed E-state index contributed by atoms with van der Waals surface area (Å²) in [5, 5.41) is 21.8. The second kappa shape index (κ2) is 6.59. The maximum Gasteiger partial charge on any atom is 0.0991 e. The van der Waals surface area contributed by atoms with Crippen molar-refractivity contribution in [3.63, 3.8) is 0 Å². The van der Waals surface area contributed by atoms with E-state index in [4.69, 9.17) is 10.00 Å². The van der Waals surface area contributed by atoms with Gasteiger partial charge in [-0.05, 0) is 42.2 Å². The highest BCUT2D eigenvalue weighted by Gasteiger charge is 2.39. The van der Waals surface area contributed by atoms with Crippen LogP contribution >= 0.6 is 0 Å². The number of benzene rings is 2. The normalized spacial score (nSPS) is 24.2. The van der Waals surface area contributed by atoms with Gasteiger partial charge in [0.25, 0.3) is 0 Å². The SMILES string of the molecule is N#CCc1ccc2c(c1)C1OCCCC1C(c1cccc(C#N)c1)N2. The molecule has 0 amide bonds. The van der Waals surface area contributed by atoms with Gasteiger partial charge in [-0.15, -0.1) is 0 Å². The molecule has 2 aliphatic heterocycles. The van der Waals surface area contributed by atoms with E-state index >= 15 is 0 Å². The van der Waals surface area contributed by atoms with Crippen LogP contribution in [0.3, 0.4) is 0 Å². The second-order valence-corrected chi connectivity index (χ2v) is 6.71. The minimum Gasteiger partial charge on any atom is -0.378 e. The fourth-order valence-corrected chi connectivity index (χ4v) is 4.05. The average molecular weight is 329 g/mol. The molecule has 0 aromatic heterocycles. The van der Waals surface area contributed by atoms with Crippen LogP contribution in [0.5, 0.6) is 0 Å². The monoisotopic (exact) mass is 329 g/mol. The van der Waals surface area contributed by atoms with Gasteiger partial charge in [0.1, 0.15) is 0 Å². The molecule has 3 unspecified atom stereocenters. The summed E-state index contributed by atoms with van der Waals surface area (Å²) in [6.45, 7) is 0.772. The molecular formula is C21H19N3O. The first-order valence-corrected chi connectivity index (χ1v) is 8.68. The molecule has 3 atom stereocenters. The number of nitriles is 2. The number of ether oxygens (including phenoxy) is 1. The van der Waals surface area contributed by atoms with E-state index in [0.717, 1.165) is 41.8 Å². The Bertz CT molecular complexity index is 877. The Morgan fingerprint density at radius 3 is 2.92 bits per heavy atom. The number of hydrogen-bond acceptors (Lipinski definition) is 4. The largest absolute Gasteiger partial charge is 0.378 e. The Balaban J connectivity index is 1.76. The standard InChI is InChI=1S/C21H19N3O/c22-9-8-14-6-7-19-18(12-14)21-17(5-2-10-25-21)20(24-19)16-4-1-3-15(11-16)13-23/h1,3-4,6-7,11-12,17,20-21,24H,2,5,8,10H2. The molecule has 0 radical (unpaired) electrons. The van der Waals surface area contributed by atoms with Crippen molar-refractivity contribution in [3.8, 4) is 12.1 Å². The Morgan fingerprint density at radius 1 is 1.16 bits per heavy atom. The summed E-state index contributed by atoms with van der Waals surface area (Å²) in [4.78, 5) is 0. The molecule has 1 fully saturated rings. The molecule has 0 bridgehead atoms. The van der Waals surface area contributed by atoms with Crippen molar-refractivity contribution in [3.05, 3.63) is 64.7 Å². The Morgan fingerprint density at radius 2 is 2.08 bits per heavy atom. The third-order valence-corrected chi connectivity index (χ3v) is 5.19. The number of nitrogens with zero attached hydrogens (tertiary/aromatic N) is 2. The van der Waals surface area contributed by atoms with E-state index in [1.165, 1.54) is 0 Å². The van der Waals surface area contributed by atoms with Crippen LogP contribution in [0, 0.1) is 28.6 Å². The average Bonchev–Trinajstić information content (AvgIpc) is 2.68. The topological polar surface area (TPSA) is 68.8 Å². The smallest absolute Gasteiger partial charge is 0.0991 e. The maximum atomic E-state index is 9.21. The van der Waals surface area contributed by atoms with Crippen molar-refractivity contribution in [2.75, 3.05) is 11.9 Å². The molecule has 2 aromatic rings. The summed E-state index contributed by atoms with van der Waals surface area (Å²) in [6.07, 6.45) is 2.59. The van der Waals surface area contributed by atoms with Gasteiger partial charge in [-0.25, -0.2) is 0 Å². The van der Waals surface area contributed by atoms with E-state index in [1.807, 2.05) is 24.3 Å². The maximum absolute atomic E-state index is 9.21. The molecule has 0 aliphatic carbocycles. The van der Waals surface area contributed by atoms with Crippen molar-refractivity contribution in [1.29, 1.82) is 10.5 Å². The van der Waals surface area contributed by atoms with Crippen LogP contribution in [0.2, 0.25) is 0 Å². The van der Waals surface area contributed by atoms with Crippen LogP contribution in [0.25, 0.3) is 0 Å². The van der Waals surface area contributed by atoms with E-state index in [0.29, 0.717) is 17.9 Å². The molecule has 124 valence electrons. The molecule has 4 nitrogen and oxygen atoms in total. The van der Waals surface area contributed by atoms with Crippen molar-refractivity contribution < 1.29 is 4.74 Å². The summed E-state index contributed by atoms with van der Waals surface area (Å²) in [6, 6.07) is 18.6. The molecule has 2 aliphatic rings. The number of anilines is 1. The first-order chi connectivity index (χ1) is 12.3. The van der Waals surface area contributed by atoms with E-state index in [1.54, 1.807) is 0 Å². The van der Waals surface area contributed by atoms with Gasteiger partial charge in [0, 0.05) is 23.8 Å². The van der Waals surface area contributed by atoms with E-state index in [9.17, 15) is 5.26 Å². The molecule has 1 N–H and O–H groups in total. The van der Waals surface area contributed by atoms with Gasteiger partial charge in [0.2, 0.25) is 0 Å². The first-order valence-electron chi connectivity index (χ1n) is 8.68. The van der Waals surface area contributed by atoms with Crippen LogP contribution < -0.4 is 5.32 Å². The number of nitrogens with one attached hydrogen (secondary N) is 1. The summed E-state index contributed by atoms with van der Waals surface area (Å²) in [5.74, 6) is 0.326. The molecule has 4 heteroatoms. The fraction of sp³-hybridized carbons (Fsp3) is 0.333. The van der Waals surface area contributed by atoms with E-state index in [-0.39, 0.29) is 12.1 Å². The highest BCUT2D eigenvalue weighted by Crippen LogP contribution is 2.49. The molecule has 4 rings (SSSR count). The summed E-state index contributed by atoms with van der Waals surface area (Å²) in [7, 11) is 0. The fourth-order valence-electron chi connectivity index (χ4n) is 4.05. The van der Waals surface area contributed by atoms with Crippen molar-refractivity contribution in [1.82, 2.24) is 0 Å². The zero-order chi connectivity index (χ0) is 17.2. The molecule has 0 spiro atoms. The molecule has 1 saturated heterocycles. The molecule has 25 heavy (non-hydrogen) atoms. The Labute approximate surface area is 147 Å². The minimum absolute atomic E-state index is 0.0411. The van der Waals surface area contributed by atoms with Crippen LogP contribution in [-0.4, -0.2) is 6.61 Å². The van der Waals surface area contributed by atoms with E-state index < -0.39 is 0 Å². The molecule has 2 heterocycles. The minimum atomic E-state index is 0.0411. The van der Waals surface area contributed by atoms with Gasteiger partial charge in [0.15, 0.2) is 0 Å². The number of fused-ring (bicyclic) bond motifs is 3. The lowest BCUT2D eigenvalue weighted by Gasteiger charge is -2.43. The zero-order valence-electron chi connectivity index (χ0n) is 13.9. The van der Waals surface area contributed by atoms with Crippen LogP contribution in [-0.2, 0) is 11.2 Å². The van der Waals surface area contributed by atoms with Gasteiger partial charge >= 0.3 is 0 Å². The first kappa shape index (κ1) is 15.7. The van der Waals surface area contributed by atoms with Crippen LogP contribution in [0.1, 0.15) is 47.2 Å². The summed E-state index contributed by atoms with van der Waals surface area (Å²) in [5.41, 5.74) is 5.07. The highest BCUT2D eigenvalue weighted by atomic mass is 16.5. The van der Waals surface area contributed by atoms with Gasteiger partial charge in [0.05, 0.1) is 36.3 Å². The summed E-state index contributed by atoms with van der Waals surface area (Å²) >= 11 is 0. The quantitative estimate of drug-likeness (QED) is 0.894. The van der Waals surface area contributed by atoms with E-state index in [2.05, 4.69) is 35.7 Å². The lowest BCUT2D eigenvalue weighted by Crippen LogP contribution is -2.36. The Hall–Kier alpha value is -2.82. The van der Waals surface area contributed by atoms with Gasteiger partial charge < -0.3 is 10.1 Å². The van der Waals surface area contributed by atoms with Crippen LogP contribution in [0.15, 0.2) is 42.5 Å². The lowest BCUT2D eigenvalue weighted by atomic mass is 9.77. The van der Waals surface area contributed by atoms with Crippen molar-refractivity contribution in [2.45, 2.75) is 31.4 Å². The highest BCUT2D eigenvalue weighted by molar-refractivity contribution is 5.59. The van der Waals surface area contributed by atoms with Gasteiger partial charge in [-0.1, -0.05) is 24.3 Å². The molecular weight excluding hydrogens is 310 g/mol.